The van der Waals surface area contributed by atoms with Crippen LogP contribution in [0.4, 0.5) is 20.2 Å². The number of halogens is 2. The third kappa shape index (κ3) is 5.11. The zero-order valence-corrected chi connectivity index (χ0v) is 17.3. The molecule has 0 unspecified atom stereocenters. The number of aromatic nitrogens is 1. The van der Waals surface area contributed by atoms with Crippen LogP contribution in [0.1, 0.15) is 25.3 Å². The summed E-state index contributed by atoms with van der Waals surface area (Å²) in [5.74, 6) is -1.08. The molecule has 160 valence electrons. The summed E-state index contributed by atoms with van der Waals surface area (Å²) in [6.45, 7) is 4.05. The van der Waals surface area contributed by atoms with Crippen molar-refractivity contribution in [3.05, 3.63) is 53.9 Å². The summed E-state index contributed by atoms with van der Waals surface area (Å²) in [4.78, 5) is 33.0. The van der Waals surface area contributed by atoms with Gasteiger partial charge in [-0.05, 0) is 36.2 Å². The van der Waals surface area contributed by atoms with Crippen LogP contribution in [0.2, 0.25) is 0 Å². The second kappa shape index (κ2) is 9.65. The van der Waals surface area contributed by atoms with Gasteiger partial charge in [-0.2, -0.15) is 4.39 Å². The summed E-state index contributed by atoms with van der Waals surface area (Å²) >= 11 is 0. The molecule has 8 heteroatoms. The fourth-order valence-corrected chi connectivity index (χ4v) is 3.51. The second-order valence-electron chi connectivity index (χ2n) is 7.30. The van der Waals surface area contributed by atoms with E-state index in [0.717, 1.165) is 11.3 Å². The Bertz CT molecular complexity index is 897. The van der Waals surface area contributed by atoms with Gasteiger partial charge in [-0.1, -0.05) is 13.0 Å². The van der Waals surface area contributed by atoms with Gasteiger partial charge in [-0.15, -0.1) is 0 Å². The fraction of sp³-hybridized carbons (Fsp3) is 0.409. The number of anilines is 2. The van der Waals surface area contributed by atoms with E-state index in [9.17, 15) is 18.4 Å². The maximum absolute atomic E-state index is 14.5. The van der Waals surface area contributed by atoms with Gasteiger partial charge in [-0.3, -0.25) is 9.59 Å². The first-order valence-electron chi connectivity index (χ1n) is 10.1. The first kappa shape index (κ1) is 21.7. The summed E-state index contributed by atoms with van der Waals surface area (Å²) in [6, 6.07) is 7.79. The van der Waals surface area contributed by atoms with Crippen LogP contribution in [0.5, 0.6) is 0 Å². The van der Waals surface area contributed by atoms with Crippen molar-refractivity contribution in [3.63, 3.8) is 0 Å². The molecule has 1 aromatic carbocycles. The van der Waals surface area contributed by atoms with E-state index >= 15 is 0 Å². The summed E-state index contributed by atoms with van der Waals surface area (Å²) in [5, 5.41) is 0. The average Bonchev–Trinajstić information content (AvgIpc) is 2.77. The van der Waals surface area contributed by atoms with Crippen LogP contribution in [0, 0.1) is 11.8 Å². The maximum Gasteiger partial charge on any atom is 0.226 e. The van der Waals surface area contributed by atoms with E-state index in [-0.39, 0.29) is 17.5 Å². The highest BCUT2D eigenvalue weighted by Crippen LogP contribution is 2.25. The number of piperazine rings is 1. The van der Waals surface area contributed by atoms with Crippen LogP contribution in [0.3, 0.4) is 0 Å². The monoisotopic (exact) mass is 416 g/mol. The van der Waals surface area contributed by atoms with Crippen molar-refractivity contribution in [1.82, 2.24) is 9.88 Å². The molecule has 0 N–H and O–H groups in total. The van der Waals surface area contributed by atoms with Crippen LogP contribution in [-0.2, 0) is 16.0 Å². The predicted molar refractivity (Wildman–Crippen MR) is 111 cm³/mol. The molecule has 3 rings (SSSR count). The molecule has 0 bridgehead atoms. The number of aryl methyl sites for hydroxylation is 1. The number of amides is 2. The minimum atomic E-state index is -0.533. The number of rotatable bonds is 6. The zero-order valence-electron chi connectivity index (χ0n) is 17.3. The minimum absolute atomic E-state index is 0.0419. The van der Waals surface area contributed by atoms with Gasteiger partial charge in [0.2, 0.25) is 17.8 Å². The van der Waals surface area contributed by atoms with Crippen molar-refractivity contribution in [3.8, 4) is 0 Å². The first-order chi connectivity index (χ1) is 14.4. The predicted octanol–water partition coefficient (Wildman–Crippen LogP) is 3.01. The lowest BCUT2D eigenvalue weighted by Crippen LogP contribution is -2.48. The molecule has 0 saturated carbocycles. The van der Waals surface area contributed by atoms with E-state index in [1.807, 2.05) is 4.90 Å². The van der Waals surface area contributed by atoms with Crippen molar-refractivity contribution in [2.75, 3.05) is 43.0 Å². The van der Waals surface area contributed by atoms with Gasteiger partial charge in [0.1, 0.15) is 5.82 Å². The summed E-state index contributed by atoms with van der Waals surface area (Å²) in [6.07, 6.45) is 2.62. The standard InChI is InChI=1S/C22H26F2N4O2/c1-3-21(29)26(2)19-7-6-17(14-18(19)23)27-10-12-28(13-11-27)22(30)9-5-16-4-8-20(24)25-15-16/h4,6-8,14-15H,3,5,9-13H2,1-2H3. The molecule has 1 saturated heterocycles. The van der Waals surface area contributed by atoms with E-state index < -0.39 is 11.8 Å². The van der Waals surface area contributed by atoms with Crippen molar-refractivity contribution in [1.29, 1.82) is 0 Å². The van der Waals surface area contributed by atoms with Crippen LogP contribution >= 0.6 is 0 Å². The number of nitrogens with zero attached hydrogens (tertiary/aromatic N) is 4. The van der Waals surface area contributed by atoms with Crippen molar-refractivity contribution in [2.24, 2.45) is 0 Å². The van der Waals surface area contributed by atoms with E-state index in [0.29, 0.717) is 45.4 Å². The topological polar surface area (TPSA) is 56.8 Å². The number of hydrogen-bond donors (Lipinski definition) is 0. The lowest BCUT2D eigenvalue weighted by atomic mass is 10.1. The minimum Gasteiger partial charge on any atom is -0.368 e. The molecule has 0 radical (unpaired) electrons. The average molecular weight is 416 g/mol. The summed E-state index contributed by atoms with van der Waals surface area (Å²) in [7, 11) is 1.57. The third-order valence-corrected chi connectivity index (χ3v) is 5.38. The first-order valence-corrected chi connectivity index (χ1v) is 10.1. The lowest BCUT2D eigenvalue weighted by molar-refractivity contribution is -0.131. The van der Waals surface area contributed by atoms with Crippen LogP contribution in [0.15, 0.2) is 36.5 Å². The molecule has 1 aliphatic heterocycles. The van der Waals surface area contributed by atoms with Crippen LogP contribution < -0.4 is 9.80 Å². The SMILES string of the molecule is CCC(=O)N(C)c1ccc(N2CCN(C(=O)CCc3ccc(F)nc3)CC2)cc1F. The van der Waals surface area contributed by atoms with Crippen LogP contribution in [-0.4, -0.2) is 54.9 Å². The molecule has 2 aromatic rings. The Morgan fingerprint density at radius 2 is 1.83 bits per heavy atom. The Kier molecular flexibility index (Phi) is 6.97. The third-order valence-electron chi connectivity index (χ3n) is 5.38. The second-order valence-corrected chi connectivity index (χ2v) is 7.30. The molecule has 0 aliphatic carbocycles. The van der Waals surface area contributed by atoms with E-state index in [4.69, 9.17) is 0 Å². The number of benzene rings is 1. The molecule has 1 fully saturated rings. The Morgan fingerprint density at radius 3 is 2.43 bits per heavy atom. The molecular weight excluding hydrogens is 390 g/mol. The van der Waals surface area contributed by atoms with E-state index in [1.54, 1.807) is 37.1 Å². The van der Waals surface area contributed by atoms with Gasteiger partial charge in [0.05, 0.1) is 5.69 Å². The zero-order chi connectivity index (χ0) is 21.7. The van der Waals surface area contributed by atoms with Gasteiger partial charge < -0.3 is 14.7 Å². The summed E-state index contributed by atoms with van der Waals surface area (Å²) in [5.41, 5.74) is 1.82. The normalized spacial score (nSPS) is 14.0. The van der Waals surface area contributed by atoms with Crippen LogP contribution in [0.25, 0.3) is 0 Å². The van der Waals surface area contributed by atoms with Crippen molar-refractivity contribution >= 4 is 23.2 Å². The summed E-state index contributed by atoms with van der Waals surface area (Å²) < 4.78 is 27.4. The Balaban J connectivity index is 1.53. The fourth-order valence-electron chi connectivity index (χ4n) is 3.51. The Morgan fingerprint density at radius 1 is 1.10 bits per heavy atom. The molecule has 30 heavy (non-hydrogen) atoms. The van der Waals surface area contributed by atoms with Gasteiger partial charge in [0.25, 0.3) is 0 Å². The van der Waals surface area contributed by atoms with Crippen molar-refractivity contribution < 1.29 is 18.4 Å². The number of carbonyl (C=O) groups is 2. The lowest BCUT2D eigenvalue weighted by Gasteiger charge is -2.36. The van der Waals surface area contributed by atoms with Gasteiger partial charge in [0.15, 0.2) is 0 Å². The largest absolute Gasteiger partial charge is 0.368 e. The van der Waals surface area contributed by atoms with E-state index in [2.05, 4.69) is 4.98 Å². The Labute approximate surface area is 175 Å². The molecule has 2 amide bonds. The van der Waals surface area contributed by atoms with Gasteiger partial charge in [-0.25, -0.2) is 9.37 Å². The van der Waals surface area contributed by atoms with E-state index in [1.165, 1.54) is 23.2 Å². The van der Waals surface area contributed by atoms with Gasteiger partial charge in [0, 0.05) is 58.0 Å². The molecule has 1 aliphatic rings. The number of pyridine rings is 1. The van der Waals surface area contributed by atoms with Gasteiger partial charge >= 0.3 is 0 Å². The Hall–Kier alpha value is -3.03. The maximum atomic E-state index is 14.5. The molecule has 0 spiro atoms. The number of carbonyl (C=O) groups excluding carboxylic acids is 2. The quantitative estimate of drug-likeness (QED) is 0.680. The highest BCUT2D eigenvalue weighted by molar-refractivity contribution is 5.92. The highest BCUT2D eigenvalue weighted by atomic mass is 19.1. The molecule has 6 nitrogen and oxygen atoms in total. The molecular formula is C22H26F2N4O2. The smallest absolute Gasteiger partial charge is 0.226 e. The highest BCUT2D eigenvalue weighted by Gasteiger charge is 2.22. The molecule has 1 aromatic heterocycles. The molecule has 2 heterocycles. The number of hydrogen-bond acceptors (Lipinski definition) is 4. The van der Waals surface area contributed by atoms with Crippen molar-refractivity contribution in [2.45, 2.75) is 26.2 Å². The molecule has 0 atom stereocenters.